The fraction of sp³-hybridized carbons (Fsp3) is 0.0500. The minimum Gasteiger partial charge on any atom is -0.298 e. The molecule has 2 amide bonds. The Balaban J connectivity index is 1.87. The summed E-state index contributed by atoms with van der Waals surface area (Å²) in [6, 6.07) is 13.4. The van der Waals surface area contributed by atoms with Gasteiger partial charge in [-0.15, -0.1) is 6.58 Å². The summed E-state index contributed by atoms with van der Waals surface area (Å²) >= 11 is 5.02. The zero-order valence-electron chi connectivity index (χ0n) is 13.7. The van der Waals surface area contributed by atoms with Crippen molar-refractivity contribution in [1.82, 2.24) is 10.2 Å². The molecule has 6 heteroatoms. The predicted molar refractivity (Wildman–Crippen MR) is 102 cm³/mol. The Bertz CT molecular complexity index is 918. The standard InChI is InChI=1S/C20H15FN2O2S/c1-2-11-23-19(25)17(18(24)22-20(23)26)12-13-3-5-14(6-4-13)15-7-9-16(21)10-8-15/h2-10,12H,1,11H2,(H,22,24,26). The Morgan fingerprint density at radius 3 is 2.19 bits per heavy atom. The molecule has 1 saturated heterocycles. The van der Waals surface area contributed by atoms with Crippen LogP contribution in [0.3, 0.4) is 0 Å². The first-order valence-corrected chi connectivity index (χ1v) is 8.26. The Kier molecular flexibility index (Phi) is 5.04. The molecule has 130 valence electrons. The summed E-state index contributed by atoms with van der Waals surface area (Å²) in [5.41, 5.74) is 2.48. The first kappa shape index (κ1) is 17.7. The number of halogens is 1. The molecule has 0 unspecified atom stereocenters. The lowest BCUT2D eigenvalue weighted by atomic mass is 10.0. The van der Waals surface area contributed by atoms with Crippen LogP contribution in [0.1, 0.15) is 5.56 Å². The molecule has 3 rings (SSSR count). The van der Waals surface area contributed by atoms with Crippen molar-refractivity contribution in [1.29, 1.82) is 0 Å². The Hall–Kier alpha value is -3.12. The molecule has 1 heterocycles. The first-order chi connectivity index (χ1) is 12.5. The molecule has 2 aromatic carbocycles. The maximum absolute atomic E-state index is 13.0. The zero-order chi connectivity index (χ0) is 18.7. The normalized spacial score (nSPS) is 16.0. The van der Waals surface area contributed by atoms with E-state index in [0.717, 1.165) is 11.1 Å². The summed E-state index contributed by atoms with van der Waals surface area (Å²) in [7, 11) is 0. The minimum absolute atomic E-state index is 0.00924. The van der Waals surface area contributed by atoms with Crippen LogP contribution in [0.25, 0.3) is 17.2 Å². The highest BCUT2D eigenvalue weighted by atomic mass is 32.1. The third-order valence-electron chi connectivity index (χ3n) is 3.90. The van der Waals surface area contributed by atoms with E-state index in [2.05, 4.69) is 11.9 Å². The third-order valence-corrected chi connectivity index (χ3v) is 4.22. The van der Waals surface area contributed by atoms with Crippen molar-refractivity contribution in [2.75, 3.05) is 6.54 Å². The van der Waals surface area contributed by atoms with Crippen molar-refractivity contribution in [3.63, 3.8) is 0 Å². The van der Waals surface area contributed by atoms with Crippen molar-refractivity contribution in [3.05, 3.63) is 78.1 Å². The lowest BCUT2D eigenvalue weighted by molar-refractivity contribution is -0.128. The van der Waals surface area contributed by atoms with Crippen LogP contribution in [-0.2, 0) is 9.59 Å². The molecule has 4 nitrogen and oxygen atoms in total. The van der Waals surface area contributed by atoms with Gasteiger partial charge in [0.05, 0.1) is 0 Å². The molecule has 0 bridgehead atoms. The molecule has 0 spiro atoms. The van der Waals surface area contributed by atoms with Gasteiger partial charge in [-0.25, -0.2) is 4.39 Å². The summed E-state index contributed by atoms with van der Waals surface area (Å²) in [6.45, 7) is 3.81. The van der Waals surface area contributed by atoms with E-state index < -0.39 is 11.8 Å². The number of amides is 2. The van der Waals surface area contributed by atoms with Gasteiger partial charge in [0, 0.05) is 6.54 Å². The second kappa shape index (κ2) is 7.41. The van der Waals surface area contributed by atoms with E-state index in [1.165, 1.54) is 29.2 Å². The highest BCUT2D eigenvalue weighted by Gasteiger charge is 2.32. The first-order valence-electron chi connectivity index (χ1n) is 7.85. The number of nitrogens with one attached hydrogen (secondary N) is 1. The maximum atomic E-state index is 13.0. The summed E-state index contributed by atoms with van der Waals surface area (Å²) in [5.74, 6) is -1.27. The van der Waals surface area contributed by atoms with Crippen LogP contribution in [0, 0.1) is 5.82 Å². The molecule has 0 aromatic heterocycles. The largest absolute Gasteiger partial charge is 0.298 e. The van der Waals surface area contributed by atoms with Gasteiger partial charge in [-0.2, -0.15) is 0 Å². The molecule has 0 atom stereocenters. The fourth-order valence-corrected chi connectivity index (χ4v) is 2.82. The van der Waals surface area contributed by atoms with E-state index >= 15 is 0 Å². The second-order valence-electron chi connectivity index (χ2n) is 5.65. The van der Waals surface area contributed by atoms with Crippen LogP contribution in [0.5, 0.6) is 0 Å². The predicted octanol–water partition coefficient (Wildman–Crippen LogP) is 3.31. The van der Waals surface area contributed by atoms with E-state index in [4.69, 9.17) is 12.2 Å². The molecule has 1 fully saturated rings. The minimum atomic E-state index is -0.525. The average molecular weight is 366 g/mol. The van der Waals surface area contributed by atoms with E-state index in [-0.39, 0.29) is 23.0 Å². The van der Waals surface area contributed by atoms with Crippen LogP contribution >= 0.6 is 12.2 Å². The van der Waals surface area contributed by atoms with Gasteiger partial charge >= 0.3 is 0 Å². The summed E-state index contributed by atoms with van der Waals surface area (Å²) in [4.78, 5) is 25.9. The van der Waals surface area contributed by atoms with Gasteiger partial charge in [0.15, 0.2) is 5.11 Å². The van der Waals surface area contributed by atoms with Crippen LogP contribution in [-0.4, -0.2) is 28.4 Å². The lowest BCUT2D eigenvalue weighted by Gasteiger charge is -2.27. The number of carbonyl (C=O) groups is 2. The highest BCUT2D eigenvalue weighted by Crippen LogP contribution is 2.22. The number of thiocarbonyl (C=S) groups is 1. The quantitative estimate of drug-likeness (QED) is 0.391. The molecule has 1 aliphatic rings. The Labute approximate surface area is 155 Å². The molecule has 26 heavy (non-hydrogen) atoms. The second-order valence-corrected chi connectivity index (χ2v) is 6.04. The van der Waals surface area contributed by atoms with Crippen molar-refractivity contribution >= 4 is 35.2 Å². The van der Waals surface area contributed by atoms with Gasteiger partial charge in [0.25, 0.3) is 11.8 Å². The van der Waals surface area contributed by atoms with Gasteiger partial charge in [-0.3, -0.25) is 19.8 Å². The van der Waals surface area contributed by atoms with E-state index in [1.807, 2.05) is 12.1 Å². The molecule has 0 saturated carbocycles. The van der Waals surface area contributed by atoms with E-state index in [1.54, 1.807) is 24.3 Å². The van der Waals surface area contributed by atoms with Crippen molar-refractivity contribution in [2.45, 2.75) is 0 Å². The number of rotatable bonds is 4. The van der Waals surface area contributed by atoms with Gasteiger partial charge in [-0.1, -0.05) is 42.5 Å². The van der Waals surface area contributed by atoms with E-state index in [0.29, 0.717) is 5.56 Å². The zero-order valence-corrected chi connectivity index (χ0v) is 14.6. The number of hydrogen-bond donors (Lipinski definition) is 1. The lowest BCUT2D eigenvalue weighted by Crippen LogP contribution is -2.53. The molecular weight excluding hydrogens is 351 g/mol. The van der Waals surface area contributed by atoms with Crippen LogP contribution in [0.2, 0.25) is 0 Å². The van der Waals surface area contributed by atoms with Gasteiger partial charge in [0.2, 0.25) is 0 Å². The molecule has 0 radical (unpaired) electrons. The van der Waals surface area contributed by atoms with Crippen molar-refractivity contribution in [3.8, 4) is 11.1 Å². The molecule has 1 N–H and O–H groups in total. The smallest absolute Gasteiger partial charge is 0.265 e. The maximum Gasteiger partial charge on any atom is 0.265 e. The van der Waals surface area contributed by atoms with Gasteiger partial charge in [-0.05, 0) is 47.1 Å². The molecule has 2 aromatic rings. The number of benzene rings is 2. The van der Waals surface area contributed by atoms with Gasteiger partial charge < -0.3 is 0 Å². The van der Waals surface area contributed by atoms with Gasteiger partial charge in [0.1, 0.15) is 11.4 Å². The van der Waals surface area contributed by atoms with E-state index in [9.17, 15) is 14.0 Å². The Morgan fingerprint density at radius 2 is 1.62 bits per heavy atom. The van der Waals surface area contributed by atoms with Crippen molar-refractivity contribution < 1.29 is 14.0 Å². The third kappa shape index (κ3) is 3.60. The van der Waals surface area contributed by atoms with Crippen molar-refractivity contribution in [2.24, 2.45) is 0 Å². The molecule has 0 aliphatic carbocycles. The Morgan fingerprint density at radius 1 is 1.04 bits per heavy atom. The fourth-order valence-electron chi connectivity index (χ4n) is 2.57. The average Bonchev–Trinajstić information content (AvgIpc) is 2.63. The summed E-state index contributed by atoms with van der Waals surface area (Å²) < 4.78 is 13.0. The molecular formula is C20H15FN2O2S. The summed E-state index contributed by atoms with van der Waals surface area (Å²) in [6.07, 6.45) is 3.06. The monoisotopic (exact) mass is 366 g/mol. The number of carbonyl (C=O) groups excluding carboxylic acids is 2. The van der Waals surface area contributed by atoms with Crippen LogP contribution in [0.15, 0.2) is 66.8 Å². The SMILES string of the molecule is C=CCN1C(=O)C(=Cc2ccc(-c3ccc(F)cc3)cc2)C(=O)NC1=S. The topological polar surface area (TPSA) is 49.4 Å². The highest BCUT2D eigenvalue weighted by molar-refractivity contribution is 7.80. The number of hydrogen-bond acceptors (Lipinski definition) is 3. The van der Waals surface area contributed by atoms with Crippen LogP contribution in [0.4, 0.5) is 4.39 Å². The number of nitrogens with zero attached hydrogens (tertiary/aromatic N) is 1. The van der Waals surface area contributed by atoms with Crippen LogP contribution < -0.4 is 5.32 Å². The molecule has 1 aliphatic heterocycles. The summed E-state index contributed by atoms with van der Waals surface area (Å²) in [5, 5.41) is 2.58.